The summed E-state index contributed by atoms with van der Waals surface area (Å²) in [6.45, 7) is 7.40. The van der Waals surface area contributed by atoms with Crippen molar-refractivity contribution in [2.24, 2.45) is 0 Å². The van der Waals surface area contributed by atoms with Crippen LogP contribution in [0.5, 0.6) is 0 Å². The standard InChI is InChI=1S/C17H25N3O2.ClH/c1-12-10-20(11-13(2)22-12)17(21)16-9-15(5-8-19-16)14-3-6-18-7-4-14;/h5,8-9,12-14,18H,3-4,6-7,10-11H2,1-2H3;1H/t12-,13+;. The third-order valence-corrected chi connectivity index (χ3v) is 4.52. The van der Waals surface area contributed by atoms with Crippen molar-refractivity contribution in [3.05, 3.63) is 29.6 Å². The first-order valence-electron chi connectivity index (χ1n) is 8.25. The Morgan fingerprint density at radius 2 is 1.91 bits per heavy atom. The molecule has 0 spiro atoms. The van der Waals surface area contributed by atoms with Gasteiger partial charge in [0.15, 0.2) is 0 Å². The normalized spacial score (nSPS) is 25.7. The Morgan fingerprint density at radius 3 is 2.57 bits per heavy atom. The molecule has 2 atom stereocenters. The van der Waals surface area contributed by atoms with Crippen LogP contribution in [0.15, 0.2) is 18.3 Å². The molecule has 0 bridgehead atoms. The van der Waals surface area contributed by atoms with Crippen molar-refractivity contribution in [2.75, 3.05) is 26.2 Å². The summed E-state index contributed by atoms with van der Waals surface area (Å²) in [6, 6.07) is 4.04. The lowest BCUT2D eigenvalue weighted by Gasteiger charge is -2.35. The number of piperidine rings is 1. The molecular weight excluding hydrogens is 314 g/mol. The maximum atomic E-state index is 12.7. The van der Waals surface area contributed by atoms with Gasteiger partial charge in [0.05, 0.1) is 12.2 Å². The van der Waals surface area contributed by atoms with Gasteiger partial charge in [0.25, 0.3) is 5.91 Å². The third kappa shape index (κ3) is 4.43. The number of pyridine rings is 1. The lowest BCUT2D eigenvalue weighted by molar-refractivity contribution is -0.0587. The van der Waals surface area contributed by atoms with E-state index in [9.17, 15) is 4.79 Å². The first-order valence-corrected chi connectivity index (χ1v) is 8.25. The molecule has 2 saturated heterocycles. The van der Waals surface area contributed by atoms with E-state index in [1.807, 2.05) is 24.8 Å². The zero-order valence-electron chi connectivity index (χ0n) is 13.8. The largest absolute Gasteiger partial charge is 0.372 e. The molecule has 0 saturated carbocycles. The Hall–Kier alpha value is -1.17. The van der Waals surface area contributed by atoms with Gasteiger partial charge in [-0.05, 0) is 63.4 Å². The van der Waals surface area contributed by atoms with Crippen LogP contribution in [0.25, 0.3) is 0 Å². The van der Waals surface area contributed by atoms with Crippen molar-refractivity contribution in [3.63, 3.8) is 0 Å². The summed E-state index contributed by atoms with van der Waals surface area (Å²) in [7, 11) is 0. The zero-order chi connectivity index (χ0) is 15.5. The maximum absolute atomic E-state index is 12.7. The number of amides is 1. The molecule has 2 aliphatic heterocycles. The summed E-state index contributed by atoms with van der Waals surface area (Å²) < 4.78 is 5.70. The Morgan fingerprint density at radius 1 is 1.26 bits per heavy atom. The van der Waals surface area contributed by atoms with E-state index in [0.717, 1.165) is 25.9 Å². The highest BCUT2D eigenvalue weighted by Gasteiger charge is 2.27. The number of hydrogen-bond acceptors (Lipinski definition) is 4. The minimum atomic E-state index is 0. The number of rotatable bonds is 2. The fourth-order valence-electron chi connectivity index (χ4n) is 3.48. The Bertz CT molecular complexity index is 524. The van der Waals surface area contributed by atoms with Crippen LogP contribution in [0.2, 0.25) is 0 Å². The molecule has 0 aromatic carbocycles. The fraction of sp³-hybridized carbons (Fsp3) is 0.647. The molecule has 1 N–H and O–H groups in total. The summed E-state index contributed by atoms with van der Waals surface area (Å²) in [4.78, 5) is 18.9. The molecule has 128 valence electrons. The van der Waals surface area contributed by atoms with Crippen molar-refractivity contribution in [1.82, 2.24) is 15.2 Å². The van der Waals surface area contributed by atoms with Gasteiger partial charge >= 0.3 is 0 Å². The number of carbonyl (C=O) groups excluding carboxylic acids is 1. The van der Waals surface area contributed by atoms with Gasteiger partial charge in [-0.1, -0.05) is 0 Å². The average Bonchev–Trinajstić information content (AvgIpc) is 2.54. The highest BCUT2D eigenvalue weighted by molar-refractivity contribution is 5.92. The Labute approximate surface area is 144 Å². The predicted molar refractivity (Wildman–Crippen MR) is 92.2 cm³/mol. The Kier molecular flexibility index (Phi) is 6.39. The summed E-state index contributed by atoms with van der Waals surface area (Å²) in [5.74, 6) is 0.566. The maximum Gasteiger partial charge on any atom is 0.272 e. The number of nitrogens with one attached hydrogen (secondary N) is 1. The number of morpholine rings is 1. The van der Waals surface area contributed by atoms with Crippen LogP contribution in [0.1, 0.15) is 48.7 Å². The van der Waals surface area contributed by atoms with E-state index >= 15 is 0 Å². The van der Waals surface area contributed by atoms with Crippen LogP contribution in [-0.4, -0.2) is 54.2 Å². The lowest BCUT2D eigenvalue weighted by Crippen LogP contribution is -2.48. The second-order valence-electron chi connectivity index (χ2n) is 6.47. The van der Waals surface area contributed by atoms with Crippen molar-refractivity contribution in [2.45, 2.75) is 44.8 Å². The second-order valence-corrected chi connectivity index (χ2v) is 6.47. The van der Waals surface area contributed by atoms with E-state index in [4.69, 9.17) is 4.74 Å². The van der Waals surface area contributed by atoms with Crippen LogP contribution in [0, 0.1) is 0 Å². The molecule has 1 aromatic rings. The molecule has 5 nitrogen and oxygen atoms in total. The smallest absolute Gasteiger partial charge is 0.272 e. The summed E-state index contributed by atoms with van der Waals surface area (Å²) in [6.07, 6.45) is 4.20. The molecule has 1 amide bonds. The van der Waals surface area contributed by atoms with Crippen LogP contribution < -0.4 is 5.32 Å². The summed E-state index contributed by atoms with van der Waals surface area (Å²) >= 11 is 0. The molecule has 1 aromatic heterocycles. The van der Waals surface area contributed by atoms with E-state index in [1.54, 1.807) is 6.20 Å². The van der Waals surface area contributed by atoms with Crippen LogP contribution in [0.3, 0.4) is 0 Å². The predicted octanol–water partition coefficient (Wildman–Crippen LogP) is 2.22. The number of aromatic nitrogens is 1. The SMILES string of the molecule is C[C@@H]1CN(C(=O)c2cc(C3CCNCC3)ccn2)C[C@H](C)O1.Cl. The average molecular weight is 340 g/mol. The number of carbonyl (C=O) groups is 1. The van der Waals surface area contributed by atoms with E-state index in [0.29, 0.717) is 24.7 Å². The van der Waals surface area contributed by atoms with Crippen molar-refractivity contribution in [1.29, 1.82) is 0 Å². The van der Waals surface area contributed by atoms with Gasteiger partial charge in [-0.15, -0.1) is 12.4 Å². The van der Waals surface area contributed by atoms with Crippen LogP contribution in [0.4, 0.5) is 0 Å². The highest BCUT2D eigenvalue weighted by Crippen LogP contribution is 2.25. The van der Waals surface area contributed by atoms with Gasteiger partial charge in [0.2, 0.25) is 0 Å². The summed E-state index contributed by atoms with van der Waals surface area (Å²) in [5.41, 5.74) is 1.81. The molecule has 0 radical (unpaired) electrons. The first kappa shape index (κ1) is 18.2. The van der Waals surface area contributed by atoms with Crippen molar-refractivity contribution in [3.8, 4) is 0 Å². The van der Waals surface area contributed by atoms with Gasteiger partial charge in [0, 0.05) is 19.3 Å². The van der Waals surface area contributed by atoms with Gasteiger partial charge in [-0.25, -0.2) is 0 Å². The molecule has 6 heteroatoms. The van der Waals surface area contributed by atoms with Gasteiger partial charge < -0.3 is 15.0 Å². The highest BCUT2D eigenvalue weighted by atomic mass is 35.5. The zero-order valence-corrected chi connectivity index (χ0v) is 14.6. The molecule has 0 unspecified atom stereocenters. The van der Waals surface area contributed by atoms with Crippen molar-refractivity contribution >= 4 is 18.3 Å². The first-order chi connectivity index (χ1) is 10.6. The topological polar surface area (TPSA) is 54.5 Å². The molecule has 23 heavy (non-hydrogen) atoms. The fourth-order valence-corrected chi connectivity index (χ4v) is 3.48. The van der Waals surface area contributed by atoms with Gasteiger partial charge in [-0.2, -0.15) is 0 Å². The monoisotopic (exact) mass is 339 g/mol. The summed E-state index contributed by atoms with van der Waals surface area (Å²) in [5, 5.41) is 3.38. The van der Waals surface area contributed by atoms with Gasteiger partial charge in [-0.3, -0.25) is 9.78 Å². The van der Waals surface area contributed by atoms with E-state index < -0.39 is 0 Å². The van der Waals surface area contributed by atoms with E-state index in [1.165, 1.54) is 5.56 Å². The second kappa shape index (κ2) is 8.08. The number of halogens is 1. The minimum absolute atomic E-state index is 0. The molecule has 2 aliphatic rings. The third-order valence-electron chi connectivity index (χ3n) is 4.52. The minimum Gasteiger partial charge on any atom is -0.372 e. The number of nitrogens with zero attached hydrogens (tertiary/aromatic N) is 2. The lowest BCUT2D eigenvalue weighted by atomic mass is 9.90. The van der Waals surface area contributed by atoms with Crippen molar-refractivity contribution < 1.29 is 9.53 Å². The van der Waals surface area contributed by atoms with E-state index in [2.05, 4.69) is 16.4 Å². The van der Waals surface area contributed by atoms with Crippen LogP contribution in [-0.2, 0) is 4.74 Å². The van der Waals surface area contributed by atoms with E-state index in [-0.39, 0.29) is 30.5 Å². The van der Waals surface area contributed by atoms with Crippen LogP contribution >= 0.6 is 12.4 Å². The van der Waals surface area contributed by atoms with Gasteiger partial charge in [0.1, 0.15) is 5.69 Å². The molecule has 3 rings (SSSR count). The molecule has 0 aliphatic carbocycles. The Balaban J connectivity index is 0.00000192. The molecule has 3 heterocycles. The molecule has 2 fully saturated rings. The number of hydrogen-bond donors (Lipinski definition) is 1. The quantitative estimate of drug-likeness (QED) is 0.897. The number of ether oxygens (including phenoxy) is 1. The molecular formula is C17H26ClN3O2.